The molecule has 0 N–H and O–H groups in total. The van der Waals surface area contributed by atoms with Crippen molar-refractivity contribution in [1.82, 2.24) is 8.58 Å². The minimum atomic E-state index is -0.159. The molecule has 1 heterocycles. The number of aromatic nitrogens is 2. The van der Waals surface area contributed by atoms with Crippen LogP contribution in [0.2, 0.25) is 0 Å². The maximum atomic E-state index is 11.1. The summed E-state index contributed by atoms with van der Waals surface area (Å²) in [6.45, 7) is 0. The second-order valence-electron chi connectivity index (χ2n) is 2.37. The first-order chi connectivity index (χ1) is 5.79. The number of halogens is 1. The molecule has 0 spiro atoms. The van der Waals surface area contributed by atoms with Gasteiger partial charge in [-0.15, -0.1) is 0 Å². The second-order valence-corrected chi connectivity index (χ2v) is 3.08. The molecule has 4 heteroatoms. The van der Waals surface area contributed by atoms with Crippen molar-refractivity contribution in [2.75, 3.05) is 0 Å². The highest BCUT2D eigenvalue weighted by Crippen LogP contribution is 2.09. The monoisotopic (exact) mass is 224 g/mol. The van der Waals surface area contributed by atoms with Crippen LogP contribution >= 0.6 is 16.1 Å². The van der Waals surface area contributed by atoms with E-state index in [2.05, 4.69) is 21.1 Å². The van der Waals surface area contributed by atoms with Crippen molar-refractivity contribution in [2.24, 2.45) is 0 Å². The molecule has 0 bridgehead atoms. The smallest absolute Gasteiger partial charge is 0.267 e. The van der Waals surface area contributed by atoms with Gasteiger partial charge in [0.1, 0.15) is 0 Å². The lowest BCUT2D eigenvalue weighted by molar-refractivity contribution is 1.17. The molecule has 12 heavy (non-hydrogen) atoms. The molecule has 0 aliphatic heterocycles. The summed E-state index contributed by atoms with van der Waals surface area (Å²) in [7, 11) is 0. The normalized spacial score (nSPS) is 10.4. The number of para-hydroxylation sites is 2. The summed E-state index contributed by atoms with van der Waals surface area (Å²) in [6.07, 6.45) is 1.29. The lowest BCUT2D eigenvalue weighted by atomic mass is 10.3. The van der Waals surface area contributed by atoms with Crippen LogP contribution in [0.4, 0.5) is 0 Å². The lowest BCUT2D eigenvalue weighted by Gasteiger charge is -1.98. The SMILES string of the molecule is O=c1cnc2ccccc2n1Br. The Kier molecular flexibility index (Phi) is 1.69. The standard InChI is InChI=1S/C8H5BrN2O/c9-11-7-4-2-1-3-6(7)10-5-8(11)12/h1-5H. The van der Waals surface area contributed by atoms with Gasteiger partial charge in [-0.1, -0.05) is 12.1 Å². The van der Waals surface area contributed by atoms with Crippen LogP contribution in [0.25, 0.3) is 11.0 Å². The molecule has 60 valence electrons. The third-order valence-corrected chi connectivity index (χ3v) is 2.33. The van der Waals surface area contributed by atoms with E-state index >= 15 is 0 Å². The Balaban J connectivity index is 3.01. The van der Waals surface area contributed by atoms with Crippen LogP contribution < -0.4 is 5.56 Å². The van der Waals surface area contributed by atoms with Crippen molar-refractivity contribution in [2.45, 2.75) is 0 Å². The number of benzene rings is 1. The van der Waals surface area contributed by atoms with Crippen molar-refractivity contribution in [3.8, 4) is 0 Å². The molecular weight excluding hydrogens is 220 g/mol. The van der Waals surface area contributed by atoms with Crippen LogP contribution in [0.5, 0.6) is 0 Å². The molecule has 0 unspecified atom stereocenters. The van der Waals surface area contributed by atoms with Crippen LogP contribution in [0.15, 0.2) is 35.3 Å². The molecule has 0 atom stereocenters. The van der Waals surface area contributed by atoms with Gasteiger partial charge in [0.15, 0.2) is 0 Å². The van der Waals surface area contributed by atoms with E-state index in [1.165, 1.54) is 9.79 Å². The summed E-state index contributed by atoms with van der Waals surface area (Å²) in [4.78, 5) is 15.1. The minimum Gasteiger partial charge on any atom is -0.267 e. The number of nitrogens with zero attached hydrogens (tertiary/aromatic N) is 2. The van der Waals surface area contributed by atoms with Gasteiger partial charge in [-0.05, 0) is 12.1 Å². The summed E-state index contributed by atoms with van der Waals surface area (Å²) in [5.41, 5.74) is 1.42. The van der Waals surface area contributed by atoms with Gasteiger partial charge in [-0.2, -0.15) is 0 Å². The topological polar surface area (TPSA) is 34.9 Å². The Morgan fingerprint density at radius 3 is 2.92 bits per heavy atom. The number of rotatable bonds is 0. The zero-order chi connectivity index (χ0) is 8.55. The highest BCUT2D eigenvalue weighted by Gasteiger charge is 1.98. The average molecular weight is 225 g/mol. The molecule has 3 nitrogen and oxygen atoms in total. The summed E-state index contributed by atoms with van der Waals surface area (Å²) >= 11 is 3.14. The first kappa shape index (κ1) is 7.49. The van der Waals surface area contributed by atoms with E-state index in [1.807, 2.05) is 24.3 Å². The maximum Gasteiger partial charge on any atom is 0.279 e. The predicted octanol–water partition coefficient (Wildman–Crippen LogP) is 1.55. The highest BCUT2D eigenvalue weighted by molar-refractivity contribution is 9.08. The Bertz CT molecular complexity index is 478. The van der Waals surface area contributed by atoms with Gasteiger partial charge < -0.3 is 0 Å². The zero-order valence-corrected chi connectivity index (χ0v) is 7.65. The molecule has 0 saturated heterocycles. The molecule has 0 fully saturated rings. The Morgan fingerprint density at radius 2 is 2.08 bits per heavy atom. The quantitative estimate of drug-likeness (QED) is 0.681. The van der Waals surface area contributed by atoms with Gasteiger partial charge in [0.05, 0.1) is 33.4 Å². The Hall–Kier alpha value is -1.16. The zero-order valence-electron chi connectivity index (χ0n) is 6.07. The lowest BCUT2D eigenvalue weighted by Crippen LogP contribution is -2.11. The van der Waals surface area contributed by atoms with Gasteiger partial charge in [-0.3, -0.25) is 4.79 Å². The van der Waals surface area contributed by atoms with Gasteiger partial charge in [0.2, 0.25) is 0 Å². The van der Waals surface area contributed by atoms with Crippen molar-refractivity contribution in [3.05, 3.63) is 40.8 Å². The van der Waals surface area contributed by atoms with E-state index in [4.69, 9.17) is 0 Å². The largest absolute Gasteiger partial charge is 0.279 e. The number of hydrogen-bond donors (Lipinski definition) is 0. The second kappa shape index (κ2) is 2.71. The van der Waals surface area contributed by atoms with Crippen molar-refractivity contribution < 1.29 is 0 Å². The Labute approximate surface area is 77.0 Å². The summed E-state index contributed by atoms with van der Waals surface area (Å²) in [5, 5.41) is 0. The molecule has 0 radical (unpaired) electrons. The van der Waals surface area contributed by atoms with Crippen LogP contribution in [-0.2, 0) is 0 Å². The van der Waals surface area contributed by atoms with E-state index in [9.17, 15) is 4.79 Å². The maximum absolute atomic E-state index is 11.1. The van der Waals surface area contributed by atoms with Crippen LogP contribution in [-0.4, -0.2) is 8.58 Å². The molecule has 0 saturated carbocycles. The molecular formula is C8H5BrN2O. The highest BCUT2D eigenvalue weighted by atomic mass is 79.9. The first-order valence-electron chi connectivity index (χ1n) is 3.42. The predicted molar refractivity (Wildman–Crippen MR) is 50.3 cm³/mol. The van der Waals surface area contributed by atoms with E-state index in [0.717, 1.165) is 11.0 Å². The van der Waals surface area contributed by atoms with Gasteiger partial charge in [0, 0.05) is 0 Å². The van der Waals surface area contributed by atoms with Crippen molar-refractivity contribution in [1.29, 1.82) is 0 Å². The summed E-state index contributed by atoms with van der Waals surface area (Å²) in [5.74, 6) is 0. The van der Waals surface area contributed by atoms with Gasteiger partial charge in [-0.25, -0.2) is 8.58 Å². The first-order valence-corrected chi connectivity index (χ1v) is 4.13. The average Bonchev–Trinajstić information content (AvgIpc) is 2.12. The number of hydrogen-bond acceptors (Lipinski definition) is 2. The minimum absolute atomic E-state index is 0.159. The van der Waals surface area contributed by atoms with Crippen LogP contribution in [0.1, 0.15) is 0 Å². The van der Waals surface area contributed by atoms with E-state index in [-0.39, 0.29) is 5.56 Å². The fraction of sp³-hybridized carbons (Fsp3) is 0. The molecule has 2 rings (SSSR count). The van der Waals surface area contributed by atoms with Crippen LogP contribution in [0, 0.1) is 0 Å². The Morgan fingerprint density at radius 1 is 1.33 bits per heavy atom. The summed E-state index contributed by atoms with van der Waals surface area (Å²) < 4.78 is 1.40. The molecule has 0 amide bonds. The molecule has 0 aliphatic rings. The van der Waals surface area contributed by atoms with Crippen LogP contribution in [0.3, 0.4) is 0 Å². The molecule has 1 aromatic carbocycles. The third-order valence-electron chi connectivity index (χ3n) is 1.60. The van der Waals surface area contributed by atoms with Crippen molar-refractivity contribution in [3.63, 3.8) is 0 Å². The van der Waals surface area contributed by atoms with E-state index in [0.29, 0.717) is 0 Å². The fourth-order valence-electron chi connectivity index (χ4n) is 1.03. The van der Waals surface area contributed by atoms with E-state index in [1.54, 1.807) is 0 Å². The fourth-order valence-corrected chi connectivity index (χ4v) is 1.42. The molecule has 2 aromatic rings. The van der Waals surface area contributed by atoms with Gasteiger partial charge >= 0.3 is 0 Å². The summed E-state index contributed by atoms with van der Waals surface area (Å²) in [6, 6.07) is 7.43. The van der Waals surface area contributed by atoms with Crippen molar-refractivity contribution >= 4 is 27.2 Å². The number of fused-ring (bicyclic) bond motifs is 1. The van der Waals surface area contributed by atoms with E-state index < -0.39 is 0 Å². The molecule has 1 aromatic heterocycles. The third kappa shape index (κ3) is 1.04. The van der Waals surface area contributed by atoms with Gasteiger partial charge in [0.25, 0.3) is 5.56 Å². The molecule has 0 aliphatic carbocycles.